The van der Waals surface area contributed by atoms with Crippen molar-refractivity contribution in [3.05, 3.63) is 17.7 Å². The van der Waals surface area contributed by atoms with Gasteiger partial charge in [-0.15, -0.1) is 0 Å². The van der Waals surface area contributed by atoms with E-state index < -0.39 is 0 Å². The first-order chi connectivity index (χ1) is 10.0. The Kier molecular flexibility index (Phi) is 7.32. The van der Waals surface area contributed by atoms with Crippen LogP contribution in [0.3, 0.4) is 0 Å². The maximum atomic E-state index is 5.35. The van der Waals surface area contributed by atoms with Crippen molar-refractivity contribution in [3.8, 4) is 17.2 Å². The van der Waals surface area contributed by atoms with Gasteiger partial charge in [0.15, 0.2) is 11.5 Å². The van der Waals surface area contributed by atoms with Crippen molar-refractivity contribution in [1.29, 1.82) is 0 Å². The van der Waals surface area contributed by atoms with Gasteiger partial charge in [-0.1, -0.05) is 0 Å². The van der Waals surface area contributed by atoms with Crippen LogP contribution in [0.15, 0.2) is 12.1 Å². The number of hydrogen-bond donors (Lipinski definition) is 1. The first-order valence-electron chi connectivity index (χ1n) is 7.23. The smallest absolute Gasteiger partial charge is 0.203 e. The summed E-state index contributed by atoms with van der Waals surface area (Å²) >= 11 is 0. The molecule has 0 atom stereocenters. The summed E-state index contributed by atoms with van der Waals surface area (Å²) in [4.78, 5) is 2.31. The van der Waals surface area contributed by atoms with Crippen LogP contribution in [0.5, 0.6) is 17.2 Å². The fraction of sp³-hybridized carbons (Fsp3) is 0.625. The number of rotatable bonds is 9. The zero-order valence-electron chi connectivity index (χ0n) is 14.0. The molecule has 0 amide bonds. The second-order valence-electron chi connectivity index (χ2n) is 5.28. The lowest BCUT2D eigenvalue weighted by atomic mass is 10.1. The summed E-state index contributed by atoms with van der Waals surface area (Å²) in [6.07, 6.45) is 0. The van der Waals surface area contributed by atoms with Gasteiger partial charge >= 0.3 is 0 Å². The van der Waals surface area contributed by atoms with Gasteiger partial charge < -0.3 is 24.4 Å². The molecule has 120 valence electrons. The molecule has 1 rings (SSSR count). The summed E-state index contributed by atoms with van der Waals surface area (Å²) in [6, 6.07) is 4.51. The molecule has 0 saturated heterocycles. The SMILES string of the molecule is COc1cc(CNCCN(C)C(C)C)cc(OC)c1OC. The first kappa shape index (κ1) is 17.6. The molecule has 0 spiro atoms. The highest BCUT2D eigenvalue weighted by Gasteiger charge is 2.12. The summed E-state index contributed by atoms with van der Waals surface area (Å²) in [5.41, 5.74) is 1.11. The molecule has 0 fully saturated rings. The summed E-state index contributed by atoms with van der Waals surface area (Å²) in [6.45, 7) is 7.11. The molecule has 0 bridgehead atoms. The second kappa shape index (κ2) is 8.74. The van der Waals surface area contributed by atoms with Crippen molar-refractivity contribution in [1.82, 2.24) is 10.2 Å². The van der Waals surface area contributed by atoms with E-state index >= 15 is 0 Å². The van der Waals surface area contributed by atoms with Gasteiger partial charge in [-0.3, -0.25) is 0 Å². The van der Waals surface area contributed by atoms with Crippen molar-refractivity contribution in [2.45, 2.75) is 26.4 Å². The molecular formula is C16H28N2O3. The van der Waals surface area contributed by atoms with Gasteiger partial charge in [0, 0.05) is 25.7 Å². The highest BCUT2D eigenvalue weighted by atomic mass is 16.5. The van der Waals surface area contributed by atoms with E-state index in [0.717, 1.165) is 25.2 Å². The van der Waals surface area contributed by atoms with Crippen LogP contribution in [0, 0.1) is 0 Å². The molecule has 0 aromatic heterocycles. The Morgan fingerprint density at radius 1 is 1.05 bits per heavy atom. The summed E-state index contributed by atoms with van der Waals surface area (Å²) < 4.78 is 16.0. The number of likely N-dealkylation sites (N-methyl/N-ethyl adjacent to an activating group) is 1. The third kappa shape index (κ3) is 5.10. The quantitative estimate of drug-likeness (QED) is 0.707. The van der Waals surface area contributed by atoms with E-state index in [2.05, 4.69) is 31.1 Å². The average Bonchev–Trinajstić information content (AvgIpc) is 2.49. The summed E-state index contributed by atoms with van der Waals surface area (Å²) in [5.74, 6) is 2.00. The Labute approximate surface area is 128 Å². The van der Waals surface area contributed by atoms with Gasteiger partial charge in [0.1, 0.15) is 0 Å². The number of ether oxygens (including phenoxy) is 3. The van der Waals surface area contributed by atoms with Gasteiger partial charge in [-0.2, -0.15) is 0 Å². The van der Waals surface area contributed by atoms with Crippen molar-refractivity contribution >= 4 is 0 Å². The van der Waals surface area contributed by atoms with Crippen LogP contribution in [-0.2, 0) is 6.54 Å². The normalized spacial score (nSPS) is 11.0. The lowest BCUT2D eigenvalue weighted by Crippen LogP contribution is -2.33. The maximum Gasteiger partial charge on any atom is 0.203 e. The average molecular weight is 296 g/mol. The predicted molar refractivity (Wildman–Crippen MR) is 85.6 cm³/mol. The first-order valence-corrected chi connectivity index (χ1v) is 7.23. The van der Waals surface area contributed by atoms with Crippen LogP contribution in [0.2, 0.25) is 0 Å². The molecule has 0 aliphatic carbocycles. The highest BCUT2D eigenvalue weighted by molar-refractivity contribution is 5.53. The molecule has 0 unspecified atom stereocenters. The Bertz CT molecular complexity index is 411. The molecule has 1 aromatic carbocycles. The number of nitrogens with one attached hydrogen (secondary N) is 1. The van der Waals surface area contributed by atoms with Crippen LogP contribution in [-0.4, -0.2) is 52.4 Å². The Morgan fingerprint density at radius 3 is 2.05 bits per heavy atom. The van der Waals surface area contributed by atoms with Crippen LogP contribution < -0.4 is 19.5 Å². The van der Waals surface area contributed by atoms with Crippen LogP contribution in [0.25, 0.3) is 0 Å². The van der Waals surface area contributed by atoms with Crippen molar-refractivity contribution in [2.75, 3.05) is 41.5 Å². The number of methoxy groups -OCH3 is 3. The Hall–Kier alpha value is -1.46. The van der Waals surface area contributed by atoms with Crippen LogP contribution >= 0.6 is 0 Å². The highest BCUT2D eigenvalue weighted by Crippen LogP contribution is 2.38. The zero-order valence-corrected chi connectivity index (χ0v) is 14.0. The standard InChI is InChI=1S/C16H28N2O3/c1-12(2)18(3)8-7-17-11-13-9-14(19-4)16(21-6)15(10-13)20-5/h9-10,12,17H,7-8,11H2,1-6H3. The monoisotopic (exact) mass is 296 g/mol. The van der Waals surface area contributed by atoms with Crippen LogP contribution in [0.4, 0.5) is 0 Å². The van der Waals surface area contributed by atoms with E-state index in [4.69, 9.17) is 14.2 Å². The number of benzene rings is 1. The zero-order chi connectivity index (χ0) is 15.8. The predicted octanol–water partition coefficient (Wildman–Crippen LogP) is 2.14. The largest absolute Gasteiger partial charge is 0.493 e. The molecule has 0 heterocycles. The lowest BCUT2D eigenvalue weighted by molar-refractivity contribution is 0.273. The lowest BCUT2D eigenvalue weighted by Gasteiger charge is -2.21. The van der Waals surface area contributed by atoms with E-state index in [-0.39, 0.29) is 0 Å². The Balaban J connectivity index is 2.63. The summed E-state index contributed by atoms with van der Waals surface area (Å²) in [7, 11) is 7.00. The minimum atomic E-state index is 0.563. The molecular weight excluding hydrogens is 268 g/mol. The molecule has 21 heavy (non-hydrogen) atoms. The third-order valence-corrected chi connectivity index (χ3v) is 3.58. The van der Waals surface area contributed by atoms with E-state index in [1.807, 2.05) is 12.1 Å². The number of hydrogen-bond acceptors (Lipinski definition) is 5. The van der Waals surface area contributed by atoms with Gasteiger partial charge in [-0.05, 0) is 38.6 Å². The minimum Gasteiger partial charge on any atom is -0.493 e. The fourth-order valence-electron chi connectivity index (χ4n) is 1.98. The second-order valence-corrected chi connectivity index (χ2v) is 5.28. The van der Waals surface area contributed by atoms with Crippen molar-refractivity contribution < 1.29 is 14.2 Å². The molecule has 5 heteroatoms. The van der Waals surface area contributed by atoms with Gasteiger partial charge in [0.2, 0.25) is 5.75 Å². The molecule has 0 aliphatic rings. The molecule has 0 saturated carbocycles. The molecule has 1 N–H and O–H groups in total. The topological polar surface area (TPSA) is 43.0 Å². The van der Waals surface area contributed by atoms with E-state index in [1.54, 1.807) is 21.3 Å². The summed E-state index contributed by atoms with van der Waals surface area (Å²) in [5, 5.41) is 3.43. The van der Waals surface area contributed by atoms with Gasteiger partial charge in [0.05, 0.1) is 21.3 Å². The van der Waals surface area contributed by atoms with Crippen molar-refractivity contribution in [3.63, 3.8) is 0 Å². The van der Waals surface area contributed by atoms with Gasteiger partial charge in [0.25, 0.3) is 0 Å². The van der Waals surface area contributed by atoms with E-state index in [9.17, 15) is 0 Å². The van der Waals surface area contributed by atoms with Crippen LogP contribution in [0.1, 0.15) is 19.4 Å². The molecule has 0 radical (unpaired) electrons. The maximum absolute atomic E-state index is 5.35. The third-order valence-electron chi connectivity index (χ3n) is 3.58. The van der Waals surface area contributed by atoms with E-state index in [1.165, 1.54) is 0 Å². The molecule has 0 aliphatic heterocycles. The fourth-order valence-corrected chi connectivity index (χ4v) is 1.98. The molecule has 5 nitrogen and oxygen atoms in total. The van der Waals surface area contributed by atoms with Crippen molar-refractivity contribution in [2.24, 2.45) is 0 Å². The van der Waals surface area contributed by atoms with E-state index in [0.29, 0.717) is 23.3 Å². The minimum absolute atomic E-state index is 0.563. The Morgan fingerprint density at radius 2 is 1.62 bits per heavy atom. The van der Waals surface area contributed by atoms with Gasteiger partial charge in [-0.25, -0.2) is 0 Å². The number of nitrogens with zero attached hydrogens (tertiary/aromatic N) is 1. The molecule has 1 aromatic rings.